The molecule has 0 amide bonds. The number of ether oxygens (including phenoxy) is 2. The fraction of sp³-hybridized carbons (Fsp3) is 0.417. The number of rotatable bonds is 3. The lowest BCUT2D eigenvalue weighted by molar-refractivity contribution is 0.0601. The van der Waals surface area contributed by atoms with Gasteiger partial charge in [-0.1, -0.05) is 11.6 Å². The number of carbonyl (C=O) groups excluding carboxylic acids is 1. The van der Waals surface area contributed by atoms with E-state index in [1.54, 1.807) is 18.2 Å². The first-order valence-corrected chi connectivity index (χ1v) is 5.80. The molecule has 2 rings (SSSR count). The summed E-state index contributed by atoms with van der Waals surface area (Å²) in [7, 11) is 1.36. The second-order valence-electron chi connectivity index (χ2n) is 3.89. The summed E-state index contributed by atoms with van der Waals surface area (Å²) in [5, 5.41) is 3.85. The Labute approximate surface area is 105 Å². The predicted molar refractivity (Wildman–Crippen MR) is 65.6 cm³/mol. The lowest BCUT2D eigenvalue weighted by atomic mass is 10.1. The predicted octanol–water partition coefficient (Wildman–Crippen LogP) is 2.33. The Morgan fingerprint density at radius 1 is 1.59 bits per heavy atom. The molecule has 0 saturated carbocycles. The Bertz CT molecular complexity index is 416. The molecule has 1 heterocycles. The first-order chi connectivity index (χ1) is 8.20. The summed E-state index contributed by atoms with van der Waals surface area (Å²) in [6.07, 6.45) is 0.943. The lowest BCUT2D eigenvalue weighted by Gasteiger charge is -2.14. The number of benzene rings is 1. The SMILES string of the molecule is COC(=O)c1ccc(Cl)c(NC2CCOC2)c1. The third-order valence-electron chi connectivity index (χ3n) is 2.68. The van der Waals surface area contributed by atoms with Crippen LogP contribution in [0.15, 0.2) is 18.2 Å². The Morgan fingerprint density at radius 2 is 2.41 bits per heavy atom. The molecular weight excluding hydrogens is 242 g/mol. The van der Waals surface area contributed by atoms with E-state index < -0.39 is 0 Å². The molecule has 1 aromatic carbocycles. The van der Waals surface area contributed by atoms with Gasteiger partial charge in [-0.05, 0) is 24.6 Å². The molecule has 1 atom stereocenters. The summed E-state index contributed by atoms with van der Waals surface area (Å²) in [6, 6.07) is 5.28. The van der Waals surface area contributed by atoms with Crippen molar-refractivity contribution in [1.29, 1.82) is 0 Å². The van der Waals surface area contributed by atoms with E-state index in [2.05, 4.69) is 10.1 Å². The number of anilines is 1. The zero-order valence-corrected chi connectivity index (χ0v) is 10.3. The highest BCUT2D eigenvalue weighted by Gasteiger charge is 2.17. The zero-order valence-electron chi connectivity index (χ0n) is 9.53. The number of halogens is 1. The van der Waals surface area contributed by atoms with Crippen molar-refractivity contribution in [2.45, 2.75) is 12.5 Å². The number of methoxy groups -OCH3 is 1. The van der Waals surface area contributed by atoms with Crippen molar-refractivity contribution >= 4 is 23.3 Å². The van der Waals surface area contributed by atoms with Crippen LogP contribution >= 0.6 is 11.6 Å². The van der Waals surface area contributed by atoms with Gasteiger partial charge in [0.05, 0.1) is 36.0 Å². The molecule has 92 valence electrons. The Hall–Kier alpha value is -1.26. The third kappa shape index (κ3) is 2.90. The fourth-order valence-corrected chi connectivity index (χ4v) is 1.92. The highest BCUT2D eigenvalue weighted by Crippen LogP contribution is 2.25. The largest absolute Gasteiger partial charge is 0.465 e. The van der Waals surface area contributed by atoms with Gasteiger partial charge in [0.2, 0.25) is 0 Å². The molecule has 1 saturated heterocycles. The van der Waals surface area contributed by atoms with Crippen molar-refractivity contribution in [3.8, 4) is 0 Å². The van der Waals surface area contributed by atoms with Crippen LogP contribution in [0, 0.1) is 0 Å². The van der Waals surface area contributed by atoms with Crippen LogP contribution in [0.4, 0.5) is 5.69 Å². The molecule has 1 N–H and O–H groups in total. The van der Waals surface area contributed by atoms with E-state index in [1.807, 2.05) is 0 Å². The fourth-order valence-electron chi connectivity index (χ4n) is 1.75. The molecule has 1 fully saturated rings. The lowest BCUT2D eigenvalue weighted by Crippen LogP contribution is -2.19. The van der Waals surface area contributed by atoms with Gasteiger partial charge >= 0.3 is 5.97 Å². The zero-order chi connectivity index (χ0) is 12.3. The molecule has 1 unspecified atom stereocenters. The smallest absolute Gasteiger partial charge is 0.337 e. The monoisotopic (exact) mass is 255 g/mol. The van der Waals surface area contributed by atoms with Crippen molar-refractivity contribution in [3.05, 3.63) is 28.8 Å². The molecule has 5 heteroatoms. The molecule has 1 aliphatic heterocycles. The molecule has 1 aliphatic rings. The number of carbonyl (C=O) groups is 1. The van der Waals surface area contributed by atoms with Crippen molar-refractivity contribution in [2.75, 3.05) is 25.6 Å². The maximum atomic E-state index is 11.4. The molecule has 0 aromatic heterocycles. The average molecular weight is 256 g/mol. The molecule has 4 nitrogen and oxygen atoms in total. The quantitative estimate of drug-likeness (QED) is 0.842. The van der Waals surface area contributed by atoms with E-state index >= 15 is 0 Å². The van der Waals surface area contributed by atoms with Gasteiger partial charge < -0.3 is 14.8 Å². The van der Waals surface area contributed by atoms with E-state index in [9.17, 15) is 4.79 Å². The molecule has 0 spiro atoms. The van der Waals surface area contributed by atoms with Gasteiger partial charge in [0.25, 0.3) is 0 Å². The van der Waals surface area contributed by atoms with Gasteiger partial charge in [-0.3, -0.25) is 0 Å². The average Bonchev–Trinajstić information content (AvgIpc) is 2.84. The van der Waals surface area contributed by atoms with Crippen LogP contribution in [0.1, 0.15) is 16.8 Å². The molecule has 0 bridgehead atoms. The minimum atomic E-state index is -0.368. The molecule has 1 aromatic rings. The summed E-state index contributed by atoms with van der Waals surface area (Å²) in [5.74, 6) is -0.368. The molecular formula is C12H14ClNO3. The van der Waals surface area contributed by atoms with Crippen molar-refractivity contribution in [2.24, 2.45) is 0 Å². The second-order valence-corrected chi connectivity index (χ2v) is 4.30. The minimum absolute atomic E-state index is 0.250. The summed E-state index contributed by atoms with van der Waals surface area (Å²) in [4.78, 5) is 11.4. The van der Waals surface area contributed by atoms with Gasteiger partial charge in [-0.15, -0.1) is 0 Å². The number of hydrogen-bond donors (Lipinski definition) is 1. The summed E-state index contributed by atoms with van der Waals surface area (Å²) in [5.41, 5.74) is 1.23. The Morgan fingerprint density at radius 3 is 3.06 bits per heavy atom. The van der Waals surface area contributed by atoms with E-state index in [0.717, 1.165) is 18.7 Å². The highest BCUT2D eigenvalue weighted by molar-refractivity contribution is 6.33. The molecule has 0 radical (unpaired) electrons. The van der Waals surface area contributed by atoms with E-state index in [1.165, 1.54) is 7.11 Å². The summed E-state index contributed by atoms with van der Waals surface area (Å²) in [6.45, 7) is 1.42. The Balaban J connectivity index is 2.16. The topological polar surface area (TPSA) is 47.6 Å². The molecule has 0 aliphatic carbocycles. The Kier molecular flexibility index (Phi) is 3.86. The van der Waals surface area contributed by atoms with Crippen LogP contribution < -0.4 is 5.32 Å². The van der Waals surface area contributed by atoms with Crippen LogP contribution in [0.25, 0.3) is 0 Å². The van der Waals surface area contributed by atoms with E-state index in [4.69, 9.17) is 16.3 Å². The summed E-state index contributed by atoms with van der Waals surface area (Å²) < 4.78 is 9.94. The van der Waals surface area contributed by atoms with E-state index in [-0.39, 0.29) is 12.0 Å². The maximum absolute atomic E-state index is 11.4. The second kappa shape index (κ2) is 5.38. The maximum Gasteiger partial charge on any atom is 0.337 e. The van der Waals surface area contributed by atoms with Gasteiger partial charge in [-0.2, -0.15) is 0 Å². The first kappa shape index (κ1) is 12.2. The van der Waals surface area contributed by atoms with Crippen molar-refractivity contribution < 1.29 is 14.3 Å². The van der Waals surface area contributed by atoms with Gasteiger partial charge in [-0.25, -0.2) is 4.79 Å². The van der Waals surface area contributed by atoms with Crippen molar-refractivity contribution in [1.82, 2.24) is 0 Å². The summed E-state index contributed by atoms with van der Waals surface area (Å²) >= 11 is 6.07. The minimum Gasteiger partial charge on any atom is -0.465 e. The number of nitrogens with one attached hydrogen (secondary N) is 1. The van der Waals surface area contributed by atoms with Crippen LogP contribution in [0.5, 0.6) is 0 Å². The van der Waals surface area contributed by atoms with E-state index in [0.29, 0.717) is 17.2 Å². The highest BCUT2D eigenvalue weighted by atomic mass is 35.5. The van der Waals surface area contributed by atoms with Crippen LogP contribution in [-0.2, 0) is 9.47 Å². The third-order valence-corrected chi connectivity index (χ3v) is 3.01. The normalized spacial score (nSPS) is 19.1. The van der Waals surface area contributed by atoms with Gasteiger partial charge in [0, 0.05) is 6.61 Å². The molecule has 17 heavy (non-hydrogen) atoms. The van der Waals surface area contributed by atoms with Gasteiger partial charge in [0.15, 0.2) is 0 Å². The van der Waals surface area contributed by atoms with Crippen LogP contribution in [-0.4, -0.2) is 32.3 Å². The van der Waals surface area contributed by atoms with Crippen molar-refractivity contribution in [3.63, 3.8) is 0 Å². The van der Waals surface area contributed by atoms with Gasteiger partial charge in [0.1, 0.15) is 0 Å². The van der Waals surface area contributed by atoms with Crippen LogP contribution in [0.3, 0.4) is 0 Å². The standard InChI is InChI=1S/C12H14ClNO3/c1-16-12(15)8-2-3-10(13)11(6-8)14-9-4-5-17-7-9/h2-3,6,9,14H,4-5,7H2,1H3. The van der Waals surface area contributed by atoms with Crippen LogP contribution in [0.2, 0.25) is 5.02 Å². The first-order valence-electron chi connectivity index (χ1n) is 5.43. The number of hydrogen-bond acceptors (Lipinski definition) is 4. The number of esters is 1.